The molecule has 3 amide bonds. The number of nitrogens with zero attached hydrogens (tertiary/aromatic N) is 4. The van der Waals surface area contributed by atoms with Crippen LogP contribution in [0, 0.1) is 11.8 Å². The van der Waals surface area contributed by atoms with E-state index >= 15 is 0 Å². The van der Waals surface area contributed by atoms with Gasteiger partial charge in [0.15, 0.2) is 0 Å². The van der Waals surface area contributed by atoms with Crippen LogP contribution >= 0.6 is 15.9 Å². The van der Waals surface area contributed by atoms with Gasteiger partial charge < -0.3 is 29.3 Å². The topological polar surface area (TPSA) is 103 Å². The van der Waals surface area contributed by atoms with Crippen molar-refractivity contribution in [2.24, 2.45) is 11.8 Å². The highest BCUT2D eigenvalue weighted by molar-refractivity contribution is 9.09. The normalized spacial score (nSPS) is 33.2. The zero-order valence-electron chi connectivity index (χ0n) is 22.5. The van der Waals surface area contributed by atoms with Crippen molar-refractivity contribution >= 4 is 33.7 Å². The Morgan fingerprint density at radius 1 is 1.24 bits per heavy atom. The van der Waals surface area contributed by atoms with Crippen molar-refractivity contribution in [1.29, 1.82) is 0 Å². The lowest BCUT2D eigenvalue weighted by atomic mass is 9.70. The summed E-state index contributed by atoms with van der Waals surface area (Å²) in [5.41, 5.74) is -1.15. The maximum Gasteiger partial charge on any atom is 0.248 e. The first-order valence-corrected chi connectivity index (χ1v) is 14.5. The number of carbonyl (C=O) groups excluding carboxylic acids is 3. The lowest BCUT2D eigenvalue weighted by molar-refractivity contribution is -0.151. The monoisotopic (exact) mass is 596 g/mol. The van der Waals surface area contributed by atoms with Gasteiger partial charge in [0.25, 0.3) is 0 Å². The van der Waals surface area contributed by atoms with E-state index in [0.29, 0.717) is 52.2 Å². The zero-order chi connectivity index (χ0) is 27.6. The van der Waals surface area contributed by atoms with Gasteiger partial charge in [-0.05, 0) is 12.8 Å². The largest absolute Gasteiger partial charge is 0.394 e. The van der Waals surface area contributed by atoms with Gasteiger partial charge in [0, 0.05) is 51.1 Å². The van der Waals surface area contributed by atoms with Crippen molar-refractivity contribution in [3.8, 4) is 0 Å². The highest BCUT2D eigenvalue weighted by Crippen LogP contribution is 2.60. The molecule has 4 rings (SSSR count). The number of halogens is 1. The average Bonchev–Trinajstić information content (AvgIpc) is 3.51. The number of carbonyl (C=O) groups is 3. The maximum atomic E-state index is 14.4. The molecule has 0 aromatic heterocycles. The van der Waals surface area contributed by atoms with Crippen LogP contribution in [0.4, 0.5) is 0 Å². The minimum atomic E-state index is -1.15. The third kappa shape index (κ3) is 4.96. The molecule has 38 heavy (non-hydrogen) atoms. The zero-order valence-corrected chi connectivity index (χ0v) is 24.1. The third-order valence-corrected chi connectivity index (χ3v) is 9.40. The van der Waals surface area contributed by atoms with Crippen molar-refractivity contribution in [3.05, 3.63) is 25.3 Å². The van der Waals surface area contributed by atoms with Crippen molar-refractivity contribution in [3.63, 3.8) is 0 Å². The Kier molecular flexibility index (Phi) is 9.34. The Balaban J connectivity index is 1.70. The molecule has 4 fully saturated rings. The van der Waals surface area contributed by atoms with Crippen LogP contribution in [0.25, 0.3) is 0 Å². The molecule has 10 nitrogen and oxygen atoms in total. The second-order valence-electron chi connectivity index (χ2n) is 10.7. The van der Waals surface area contributed by atoms with E-state index in [1.165, 1.54) is 4.90 Å². The molecule has 4 heterocycles. The molecule has 1 N–H and O–H groups in total. The fraction of sp³-hybridized carbons (Fsp3) is 0.741. The number of likely N-dealkylation sites (N-methyl/N-ethyl adjacent to an activating group) is 1. The van der Waals surface area contributed by atoms with E-state index in [2.05, 4.69) is 34.0 Å². The van der Waals surface area contributed by atoms with Gasteiger partial charge in [0.05, 0.1) is 43.8 Å². The fourth-order valence-electron chi connectivity index (χ4n) is 6.68. The number of alkyl halides is 1. The average molecular weight is 598 g/mol. The third-order valence-electron chi connectivity index (χ3n) is 8.55. The Hall–Kier alpha value is -1.79. The summed E-state index contributed by atoms with van der Waals surface area (Å²) in [6.07, 6.45) is 3.72. The molecule has 212 valence electrons. The molecule has 0 radical (unpaired) electrons. The summed E-state index contributed by atoms with van der Waals surface area (Å²) in [6.45, 7) is 13.9. The predicted octanol–water partition coefficient (Wildman–Crippen LogP) is 0.497. The van der Waals surface area contributed by atoms with Crippen LogP contribution < -0.4 is 0 Å². The van der Waals surface area contributed by atoms with Gasteiger partial charge in [-0.25, -0.2) is 0 Å². The number of aliphatic hydroxyl groups excluding tert-OH is 1. The van der Waals surface area contributed by atoms with Gasteiger partial charge in [-0.3, -0.25) is 19.3 Å². The first-order valence-electron chi connectivity index (χ1n) is 13.6. The smallest absolute Gasteiger partial charge is 0.248 e. The van der Waals surface area contributed by atoms with Crippen LogP contribution in [0.2, 0.25) is 0 Å². The number of hydrogen-bond donors (Lipinski definition) is 1. The van der Waals surface area contributed by atoms with Crippen molar-refractivity contribution in [2.45, 2.75) is 48.4 Å². The van der Waals surface area contributed by atoms with E-state index in [1.54, 1.807) is 29.0 Å². The number of aliphatic hydroxyl groups is 1. The number of morpholine rings is 1. The summed E-state index contributed by atoms with van der Waals surface area (Å²) in [6, 6.07) is -1.49. The molecule has 4 aliphatic rings. The fourth-order valence-corrected chi connectivity index (χ4v) is 7.62. The summed E-state index contributed by atoms with van der Waals surface area (Å²) in [5, 5.41) is 10.2. The minimum Gasteiger partial charge on any atom is -0.394 e. The van der Waals surface area contributed by atoms with Gasteiger partial charge in [0.2, 0.25) is 17.7 Å². The van der Waals surface area contributed by atoms with E-state index in [4.69, 9.17) is 9.47 Å². The molecule has 0 aliphatic carbocycles. The molecule has 1 spiro atoms. The van der Waals surface area contributed by atoms with Crippen molar-refractivity contribution in [2.75, 3.05) is 66.1 Å². The van der Waals surface area contributed by atoms with Gasteiger partial charge in [-0.1, -0.05) is 35.0 Å². The molecule has 7 atom stereocenters. The van der Waals surface area contributed by atoms with E-state index < -0.39 is 35.6 Å². The molecule has 0 saturated carbocycles. The molecule has 11 heteroatoms. The van der Waals surface area contributed by atoms with Gasteiger partial charge >= 0.3 is 0 Å². The maximum absolute atomic E-state index is 14.4. The molecule has 4 saturated heterocycles. The first-order chi connectivity index (χ1) is 18.2. The molecule has 0 aromatic rings. The lowest BCUT2D eigenvalue weighted by Crippen LogP contribution is -2.59. The Morgan fingerprint density at radius 2 is 1.92 bits per heavy atom. The van der Waals surface area contributed by atoms with Crippen LogP contribution in [0.1, 0.15) is 19.8 Å². The molecular weight excluding hydrogens is 556 g/mol. The van der Waals surface area contributed by atoms with Crippen molar-refractivity contribution < 1.29 is 29.0 Å². The number of amides is 3. The first kappa shape index (κ1) is 29.2. The number of rotatable bonds is 12. The Morgan fingerprint density at radius 3 is 2.53 bits per heavy atom. The van der Waals surface area contributed by atoms with E-state index in [1.807, 2.05) is 6.92 Å². The second kappa shape index (κ2) is 12.2. The predicted molar refractivity (Wildman–Crippen MR) is 146 cm³/mol. The van der Waals surface area contributed by atoms with Gasteiger partial charge in [-0.15, -0.1) is 13.2 Å². The highest BCUT2D eigenvalue weighted by atomic mass is 79.9. The molecule has 2 bridgehead atoms. The number of fused-ring (bicyclic) bond motifs is 1. The molecule has 4 aliphatic heterocycles. The van der Waals surface area contributed by atoms with E-state index in [-0.39, 0.29) is 29.2 Å². The van der Waals surface area contributed by atoms with Crippen LogP contribution in [-0.2, 0) is 23.9 Å². The standard InChI is InChI=1S/C27H41BrN4O6/c1-5-8-29(4)24(34)20-21-25(35)32(18(7-3)17-33)23(27(21)16-19(28)22(20)38-27)26(36)31(9-6-2)11-10-30-12-14-37-15-13-30/h5-6,18-23,33H,1-2,7-17H2,3-4H3/t18-,19?,20+,21-,22+,23?,27?/m0/s1. The molecule has 3 unspecified atom stereocenters. The van der Waals surface area contributed by atoms with Crippen LogP contribution in [0.3, 0.4) is 0 Å². The van der Waals surface area contributed by atoms with Gasteiger partial charge in [0.1, 0.15) is 11.6 Å². The Labute approximate surface area is 233 Å². The molecular formula is C27H41BrN4O6. The summed E-state index contributed by atoms with van der Waals surface area (Å²) in [7, 11) is 1.69. The molecule has 0 aromatic carbocycles. The Bertz CT molecular complexity index is 925. The minimum absolute atomic E-state index is 0.178. The van der Waals surface area contributed by atoms with Crippen LogP contribution in [0.15, 0.2) is 25.3 Å². The summed E-state index contributed by atoms with van der Waals surface area (Å²) in [4.78, 5) is 49.0. The quantitative estimate of drug-likeness (QED) is 0.258. The lowest BCUT2D eigenvalue weighted by Gasteiger charge is -2.39. The summed E-state index contributed by atoms with van der Waals surface area (Å²) >= 11 is 3.71. The van der Waals surface area contributed by atoms with Crippen LogP contribution in [0.5, 0.6) is 0 Å². The van der Waals surface area contributed by atoms with E-state index in [0.717, 1.165) is 13.1 Å². The number of ether oxygens (including phenoxy) is 2. The number of likely N-dealkylation sites (tertiary alicyclic amines) is 1. The number of hydrogen-bond acceptors (Lipinski definition) is 7. The SMILES string of the molecule is C=CCN(C)C(=O)[C@H]1[C@@H]2OC3(CC2Br)C(C(=O)N(CC=C)CCN2CCOCC2)N([C@@H](CC)CO)C(=O)[C@H]13. The second-order valence-corrected chi connectivity index (χ2v) is 11.9. The highest BCUT2D eigenvalue weighted by Gasteiger charge is 2.77. The summed E-state index contributed by atoms with van der Waals surface area (Å²) < 4.78 is 12.0. The van der Waals surface area contributed by atoms with Crippen molar-refractivity contribution in [1.82, 2.24) is 19.6 Å². The summed E-state index contributed by atoms with van der Waals surface area (Å²) in [5.74, 6) is -2.22. The van der Waals surface area contributed by atoms with E-state index in [9.17, 15) is 19.5 Å². The van der Waals surface area contributed by atoms with Gasteiger partial charge in [-0.2, -0.15) is 0 Å². The van der Waals surface area contributed by atoms with Crippen LogP contribution in [-0.4, -0.2) is 137 Å².